The minimum atomic E-state index is -0.524. The zero-order chi connectivity index (χ0) is 13.2. The van der Waals surface area contributed by atoms with Gasteiger partial charge < -0.3 is 4.52 Å². The molecule has 0 amide bonds. The predicted molar refractivity (Wildman–Crippen MR) is 70.0 cm³/mol. The smallest absolute Gasteiger partial charge is 0.336 e. The number of hydrogen-bond acceptors (Lipinski definition) is 5. The van der Waals surface area contributed by atoms with Gasteiger partial charge in [-0.1, -0.05) is 6.07 Å². The summed E-state index contributed by atoms with van der Waals surface area (Å²) in [7, 11) is 0. The van der Waals surface area contributed by atoms with Gasteiger partial charge in [0.05, 0.1) is 16.9 Å². The van der Waals surface area contributed by atoms with E-state index in [-0.39, 0.29) is 5.69 Å². The van der Waals surface area contributed by atoms with Crippen LogP contribution in [-0.2, 0) is 0 Å². The van der Waals surface area contributed by atoms with E-state index >= 15 is 0 Å². The van der Waals surface area contributed by atoms with E-state index in [1.165, 1.54) is 0 Å². The van der Waals surface area contributed by atoms with Crippen LogP contribution in [0.15, 0.2) is 56.1 Å². The minimum Gasteiger partial charge on any atom is -0.336 e. The van der Waals surface area contributed by atoms with Gasteiger partial charge in [-0.15, -0.1) is 5.11 Å². The third kappa shape index (κ3) is 2.15. The van der Waals surface area contributed by atoms with E-state index in [9.17, 15) is 4.79 Å². The molecule has 0 aliphatic carbocycles. The van der Waals surface area contributed by atoms with Crippen LogP contribution in [0.1, 0.15) is 5.69 Å². The Morgan fingerprint density at radius 2 is 2.16 bits per heavy atom. The number of nitrogens with one attached hydrogen (secondary N) is 1. The van der Waals surface area contributed by atoms with Crippen molar-refractivity contribution >= 4 is 22.3 Å². The monoisotopic (exact) mass is 254 g/mol. The van der Waals surface area contributed by atoms with Crippen LogP contribution in [0.25, 0.3) is 10.9 Å². The number of aromatic nitrogens is 2. The zero-order valence-electron chi connectivity index (χ0n) is 10.1. The van der Waals surface area contributed by atoms with Crippen LogP contribution in [0.5, 0.6) is 0 Å². The fraction of sp³-hybridized carbons (Fsp3) is 0.0769. The van der Waals surface area contributed by atoms with E-state index in [2.05, 4.69) is 24.9 Å². The molecule has 3 aromatic rings. The fourth-order valence-corrected chi connectivity index (χ4v) is 1.72. The van der Waals surface area contributed by atoms with Crippen LogP contribution in [0.4, 0.5) is 11.4 Å². The Balaban J connectivity index is 1.99. The second kappa shape index (κ2) is 4.49. The molecular weight excluding hydrogens is 244 g/mol. The zero-order valence-corrected chi connectivity index (χ0v) is 10.1. The molecule has 0 saturated heterocycles. The molecule has 6 nitrogen and oxygen atoms in total. The largest absolute Gasteiger partial charge is 0.384 e. The number of aryl methyl sites for hydroxylation is 1. The third-order valence-corrected chi connectivity index (χ3v) is 2.70. The maximum absolute atomic E-state index is 11.3. The summed E-state index contributed by atoms with van der Waals surface area (Å²) in [5.74, 6) is 0. The summed E-state index contributed by atoms with van der Waals surface area (Å²) in [5.41, 5.74) is 1.76. The lowest BCUT2D eigenvalue weighted by Crippen LogP contribution is -1.89. The van der Waals surface area contributed by atoms with E-state index in [0.29, 0.717) is 11.4 Å². The van der Waals surface area contributed by atoms with Crippen molar-refractivity contribution in [3.63, 3.8) is 0 Å². The highest BCUT2D eigenvalue weighted by atomic mass is 16.5. The normalized spacial score (nSPS) is 11.4. The van der Waals surface area contributed by atoms with Gasteiger partial charge in [0, 0.05) is 11.6 Å². The SMILES string of the molecule is Cc1[nH]oc(=O)c1N=Nc1ccc2ncccc2c1. The molecule has 3 rings (SSSR count). The van der Waals surface area contributed by atoms with E-state index in [1.807, 2.05) is 24.3 Å². The van der Waals surface area contributed by atoms with Crippen molar-refractivity contribution in [3.05, 3.63) is 52.6 Å². The molecule has 2 heterocycles. The number of H-pyrrole nitrogens is 1. The summed E-state index contributed by atoms with van der Waals surface area (Å²) in [5, 5.41) is 11.4. The first-order valence-corrected chi connectivity index (χ1v) is 5.68. The Hall–Kier alpha value is -2.76. The van der Waals surface area contributed by atoms with Gasteiger partial charge in [-0.25, -0.2) is 9.95 Å². The van der Waals surface area contributed by atoms with Crippen molar-refractivity contribution in [2.45, 2.75) is 6.92 Å². The van der Waals surface area contributed by atoms with E-state index < -0.39 is 5.63 Å². The highest BCUT2D eigenvalue weighted by Gasteiger charge is 2.06. The quantitative estimate of drug-likeness (QED) is 0.712. The molecule has 94 valence electrons. The van der Waals surface area contributed by atoms with Crippen LogP contribution >= 0.6 is 0 Å². The maximum atomic E-state index is 11.3. The molecule has 0 aliphatic heterocycles. The Morgan fingerprint density at radius 1 is 1.26 bits per heavy atom. The number of hydrogen-bond donors (Lipinski definition) is 1. The Kier molecular flexibility index (Phi) is 2.68. The molecule has 0 unspecified atom stereocenters. The van der Waals surface area contributed by atoms with E-state index in [4.69, 9.17) is 0 Å². The Morgan fingerprint density at radius 3 is 2.95 bits per heavy atom. The summed E-state index contributed by atoms with van der Waals surface area (Å²) in [6.07, 6.45) is 1.73. The minimum absolute atomic E-state index is 0.186. The molecule has 2 aromatic heterocycles. The van der Waals surface area contributed by atoms with Gasteiger partial charge in [-0.3, -0.25) is 4.98 Å². The second-order valence-corrected chi connectivity index (χ2v) is 4.05. The topological polar surface area (TPSA) is 83.6 Å². The molecule has 0 atom stereocenters. The van der Waals surface area contributed by atoms with Crippen LogP contribution in [0.2, 0.25) is 0 Å². The van der Waals surface area contributed by atoms with Crippen LogP contribution in [0.3, 0.4) is 0 Å². The maximum Gasteiger partial charge on any atom is 0.384 e. The molecular formula is C13H10N4O2. The van der Waals surface area contributed by atoms with Gasteiger partial charge in [-0.2, -0.15) is 5.11 Å². The third-order valence-electron chi connectivity index (χ3n) is 2.70. The summed E-state index contributed by atoms with van der Waals surface area (Å²) in [6, 6.07) is 9.31. The van der Waals surface area contributed by atoms with Crippen molar-refractivity contribution in [3.8, 4) is 0 Å². The van der Waals surface area contributed by atoms with Gasteiger partial charge in [-0.05, 0) is 31.2 Å². The Bertz CT molecular complexity index is 817. The Labute approximate surface area is 107 Å². The summed E-state index contributed by atoms with van der Waals surface area (Å²) in [4.78, 5) is 15.5. The molecule has 1 aromatic carbocycles. The number of rotatable bonds is 2. The number of aromatic amines is 1. The highest BCUT2D eigenvalue weighted by molar-refractivity contribution is 5.81. The van der Waals surface area contributed by atoms with Crippen molar-refractivity contribution in [1.29, 1.82) is 0 Å². The average molecular weight is 254 g/mol. The van der Waals surface area contributed by atoms with Crippen LogP contribution in [-0.4, -0.2) is 10.1 Å². The molecule has 0 bridgehead atoms. The van der Waals surface area contributed by atoms with Crippen LogP contribution < -0.4 is 5.63 Å². The number of fused-ring (bicyclic) bond motifs is 1. The molecule has 6 heteroatoms. The molecule has 19 heavy (non-hydrogen) atoms. The first-order chi connectivity index (χ1) is 9.24. The highest BCUT2D eigenvalue weighted by Crippen LogP contribution is 2.21. The molecule has 1 N–H and O–H groups in total. The van der Waals surface area contributed by atoms with Gasteiger partial charge in [0.15, 0.2) is 5.69 Å². The molecule has 0 aliphatic rings. The van der Waals surface area contributed by atoms with Crippen LogP contribution in [0, 0.1) is 6.92 Å². The van der Waals surface area contributed by atoms with E-state index in [1.54, 1.807) is 19.2 Å². The first-order valence-electron chi connectivity index (χ1n) is 5.68. The predicted octanol–water partition coefficient (Wildman–Crippen LogP) is 3.24. The second-order valence-electron chi connectivity index (χ2n) is 4.05. The fourth-order valence-electron chi connectivity index (χ4n) is 1.72. The molecule has 0 spiro atoms. The molecule has 0 fully saturated rings. The van der Waals surface area contributed by atoms with Gasteiger partial charge in [0.1, 0.15) is 0 Å². The average Bonchev–Trinajstić information content (AvgIpc) is 2.76. The lowest BCUT2D eigenvalue weighted by Gasteiger charge is -1.96. The van der Waals surface area contributed by atoms with Crippen molar-refractivity contribution < 1.29 is 4.52 Å². The standard InChI is InChI=1S/C13H10N4O2/c1-8-12(13(18)19-17-8)16-15-10-4-5-11-9(7-10)3-2-6-14-11/h2-7,17H,1H3. The number of azo groups is 1. The lowest BCUT2D eigenvalue weighted by atomic mass is 10.2. The number of nitrogens with zero attached hydrogens (tertiary/aromatic N) is 3. The van der Waals surface area contributed by atoms with E-state index in [0.717, 1.165) is 10.9 Å². The van der Waals surface area contributed by atoms with Crippen molar-refractivity contribution in [2.24, 2.45) is 10.2 Å². The lowest BCUT2D eigenvalue weighted by molar-refractivity contribution is 0.388. The number of pyridine rings is 1. The summed E-state index contributed by atoms with van der Waals surface area (Å²) in [6.45, 7) is 1.70. The summed E-state index contributed by atoms with van der Waals surface area (Å²) >= 11 is 0. The molecule has 0 saturated carbocycles. The van der Waals surface area contributed by atoms with Gasteiger partial charge in [0.25, 0.3) is 0 Å². The molecule has 0 radical (unpaired) electrons. The van der Waals surface area contributed by atoms with Crippen molar-refractivity contribution in [1.82, 2.24) is 10.1 Å². The number of benzene rings is 1. The van der Waals surface area contributed by atoms with Crippen molar-refractivity contribution in [2.75, 3.05) is 0 Å². The van der Waals surface area contributed by atoms with Gasteiger partial charge >= 0.3 is 5.63 Å². The summed E-state index contributed by atoms with van der Waals surface area (Å²) < 4.78 is 4.61. The van der Waals surface area contributed by atoms with Gasteiger partial charge in [0.2, 0.25) is 0 Å². The first kappa shape index (κ1) is 11.3.